The number of hydrogen-bond acceptors (Lipinski definition) is 31. The number of aliphatic hydroxyl groups excluding tert-OH is 4. The molecule has 45 nitrogen and oxygen atoms in total. The van der Waals surface area contributed by atoms with E-state index in [4.69, 9.17) is 63.9 Å². The Morgan fingerprint density at radius 1 is 0.602 bits per heavy atom. The number of carbonyl (C=O) groups excluding carboxylic acids is 5. The number of amides is 4. The molecule has 5 aromatic rings. The van der Waals surface area contributed by atoms with Crippen LogP contribution in [0.5, 0.6) is 0 Å². The molecule has 4 aromatic heterocycles. The maximum atomic E-state index is 12.7. The van der Waals surface area contributed by atoms with E-state index in [9.17, 15) is 82.7 Å². The molecule has 1 aromatic carbocycles. The monoisotopic (exact) mass is 1700 g/mol. The Labute approximate surface area is 682 Å². The number of nitro groups is 1. The summed E-state index contributed by atoms with van der Waals surface area (Å²) in [5.41, 5.74) is -4.07. The molecule has 9 rings (SSSR count). The predicted octanol–water partition coefficient (Wildman–Crippen LogP) is 1.74. The van der Waals surface area contributed by atoms with Gasteiger partial charge in [-0.3, -0.25) is 67.5 Å². The Kier molecular flexibility index (Phi) is 36.6. The van der Waals surface area contributed by atoms with E-state index in [1.165, 1.54) is 124 Å². The zero-order valence-corrected chi connectivity index (χ0v) is 69.5. The van der Waals surface area contributed by atoms with Crippen LogP contribution in [-0.4, -0.2) is 242 Å². The summed E-state index contributed by atoms with van der Waals surface area (Å²) in [5.74, 6) is -1.61. The third kappa shape index (κ3) is 25.4. The van der Waals surface area contributed by atoms with Crippen LogP contribution in [0.25, 0.3) is 4.85 Å². The van der Waals surface area contributed by atoms with Gasteiger partial charge in [-0.15, -0.1) is 0 Å². The zero-order valence-electron chi connectivity index (χ0n) is 72.6. The molecule has 656 valence electrons. The SMILES string of the molecule is CNC(=O)O[C@@H]1[C@H](C)[C@@H]([C@H](C)O)O[C@H]1n1cc(C)c(=O)[nH]c1=O.CNC(=O)O[C@@H]1[C@H](C)[C@@H]([C@H](C)OC(=O)c2ccc([N+](=O)[O-])cc2)O[C@H]1n1cc(C)c(=O)[nH]c1=O.[2H][C@H](C)[C@H]1O[C@@H](n2cc(C)c(=O)[nH]c2=O)[C@H](OC(=O)NC)[C@@H]1O.[2H][C@H](C)[C@H]1O[C@@H](n2cc(C)c(=O)[nH]c2=O)[C@H](OC(=O)NC)[C@@H]1OP(OCC[N+]#[C-])N(C(C)C)C(C)C.[3H]OC.[3H]OC. The third-order valence-electron chi connectivity index (χ3n) is 18.2. The number of nitrogens with zero attached hydrogens (tertiary/aromatic N) is 7. The molecule has 4 fully saturated rings. The number of rotatable bonds is 23. The first-order chi connectivity index (χ1) is 57.3. The van der Waals surface area contributed by atoms with Crippen LogP contribution >= 0.6 is 8.53 Å². The second kappa shape index (κ2) is 46.5. The number of non-ortho nitro benzene ring substituents is 1. The fourth-order valence-corrected chi connectivity index (χ4v) is 14.2. The molecular weight excluding hydrogens is 1590 g/mol. The molecule has 0 bridgehead atoms. The third-order valence-corrected chi connectivity index (χ3v) is 20.4. The van der Waals surface area contributed by atoms with Crippen molar-refractivity contribution in [1.29, 1.82) is 2.86 Å². The number of nitrogens with one attached hydrogen (secondary N) is 8. The van der Waals surface area contributed by atoms with Crippen LogP contribution in [0.2, 0.25) is 0 Å². The fraction of sp³-hybridized carbons (Fsp3) is 0.611. The second-order valence-corrected chi connectivity index (χ2v) is 28.4. The fourth-order valence-electron chi connectivity index (χ4n) is 12.4. The molecule has 4 saturated heterocycles. The normalized spacial score (nSPS) is 25.1. The number of hydrogen-bond donors (Lipinski definition) is 12. The number of carbonyl (C=O) groups is 5. The minimum Gasteiger partial charge on any atom is -0.456 e. The molecule has 1 unspecified atom stereocenters. The van der Waals surface area contributed by atoms with Crippen molar-refractivity contribution < 1.29 is 104 Å². The highest BCUT2D eigenvalue weighted by Gasteiger charge is 2.53. The minimum atomic E-state index is -1.77. The summed E-state index contributed by atoms with van der Waals surface area (Å²) in [7, 11) is 6.35. The van der Waals surface area contributed by atoms with E-state index < -0.39 is 206 Å². The van der Waals surface area contributed by atoms with Gasteiger partial charge in [0.25, 0.3) is 36.5 Å². The van der Waals surface area contributed by atoms with E-state index in [0.29, 0.717) is 5.56 Å². The van der Waals surface area contributed by atoms with Crippen LogP contribution in [0.4, 0.5) is 24.9 Å². The number of aromatic amines is 4. The highest BCUT2D eigenvalue weighted by molar-refractivity contribution is 7.44. The van der Waals surface area contributed by atoms with Crippen LogP contribution in [0.3, 0.4) is 0 Å². The lowest BCUT2D eigenvalue weighted by molar-refractivity contribution is -0.384. The number of nitro benzene ring substituents is 1. The van der Waals surface area contributed by atoms with E-state index in [1.54, 1.807) is 41.5 Å². The Hall–Kier alpha value is -10.6. The second-order valence-electron chi connectivity index (χ2n) is 27.0. The Bertz CT molecular complexity index is 4730. The van der Waals surface area contributed by atoms with Crippen molar-refractivity contribution in [3.8, 4) is 0 Å². The summed E-state index contributed by atoms with van der Waals surface area (Å²) in [5, 5.41) is 47.2. The van der Waals surface area contributed by atoms with Crippen molar-refractivity contribution >= 4 is 44.6 Å². The van der Waals surface area contributed by atoms with Crippen LogP contribution in [-0.2, 0) is 51.7 Å². The van der Waals surface area contributed by atoms with Gasteiger partial charge in [-0.25, -0.2) is 54.4 Å². The molecule has 8 heterocycles. The Morgan fingerprint density at radius 3 is 1.29 bits per heavy atom. The molecule has 21 atom stereocenters. The van der Waals surface area contributed by atoms with Gasteiger partial charge in [0.05, 0.1) is 34.9 Å². The first-order valence-corrected chi connectivity index (χ1v) is 37.7. The van der Waals surface area contributed by atoms with Gasteiger partial charge in [0.15, 0.2) is 49.3 Å². The van der Waals surface area contributed by atoms with Crippen LogP contribution in [0.15, 0.2) is 87.4 Å². The van der Waals surface area contributed by atoms with Gasteiger partial charge in [-0.05, 0) is 94.2 Å². The van der Waals surface area contributed by atoms with Crippen molar-refractivity contribution in [2.45, 2.75) is 220 Å². The molecule has 118 heavy (non-hydrogen) atoms. The van der Waals surface area contributed by atoms with Crippen molar-refractivity contribution in [2.75, 3.05) is 55.6 Å². The van der Waals surface area contributed by atoms with E-state index in [-0.39, 0.29) is 59.1 Å². The summed E-state index contributed by atoms with van der Waals surface area (Å²) in [4.78, 5) is 178. The first kappa shape index (κ1) is 92.9. The summed E-state index contributed by atoms with van der Waals surface area (Å²) >= 11 is 0. The Balaban J connectivity index is 0.000000339. The van der Waals surface area contributed by atoms with Crippen LogP contribution < -0.4 is 66.3 Å². The number of aryl methyl sites for hydroxylation is 4. The van der Waals surface area contributed by atoms with Crippen molar-refractivity contribution in [2.24, 2.45) is 11.8 Å². The van der Waals surface area contributed by atoms with Crippen LogP contribution in [0.1, 0.15) is 142 Å². The van der Waals surface area contributed by atoms with Gasteiger partial charge in [0.1, 0.15) is 31.0 Å². The van der Waals surface area contributed by atoms with Crippen molar-refractivity contribution in [1.82, 2.24) is 64.1 Å². The number of aliphatic hydroxyl groups is 4. The highest BCUT2D eigenvalue weighted by Crippen LogP contribution is 2.51. The lowest BCUT2D eigenvalue weighted by Crippen LogP contribution is -2.43. The molecule has 4 amide bonds. The maximum Gasteiger partial charge on any atom is 0.407 e. The first-order valence-electron chi connectivity index (χ1n) is 38.6. The minimum absolute atomic E-state index is 0.0109. The highest BCUT2D eigenvalue weighted by atomic mass is 31.2. The van der Waals surface area contributed by atoms with E-state index in [2.05, 4.69) is 56.3 Å². The average molecular weight is 1700 g/mol. The van der Waals surface area contributed by atoms with E-state index in [0.717, 1.165) is 13.7 Å². The van der Waals surface area contributed by atoms with Crippen LogP contribution in [0, 0.1) is 56.2 Å². The number of alkyl carbamates (subject to hydrolysis) is 4. The smallest absolute Gasteiger partial charge is 0.407 e. The van der Waals surface area contributed by atoms with Gasteiger partial charge in [0, 0.05) is 128 Å². The van der Waals surface area contributed by atoms with Gasteiger partial charge in [-0.2, -0.15) is 0 Å². The molecule has 0 spiro atoms. The topological polar surface area (TPSA) is 586 Å². The Morgan fingerprint density at radius 2 is 0.941 bits per heavy atom. The standard InChI is InChI=1S/C22H36N5O7P.C21H24N4O9.C14H21N3O6.C13H19N3O6.2CH4O/c1-9-16-17(34-35(31-11-10-23-7)27(13(2)3)14(4)5)18(33-22(30)24-8)20(32-16)26-12-15(6)19(28)25-21(26)29;1-10-9-24(20(28)23-17(10)26)18-16(34-21(29)22-4)11(2)15(33-18)12(3)32-19(27)13-5-7-14(8-6-13)25(30)31;1-6-5-17(13(20)16-11(6)19)12-10(23-14(21)15-4)7(2)9(22-12)8(3)18;1-4-7-8(17)9(22-13(20)14-3)11(21-7)16-5-6(2)10(18)15-12(16)19;2*1-2/h12-14,16-18,20H,9-11H2,1-6,8H3,(H,24,30)(H,25,28,29);5-9,11-12,15-16,18H,1-4H3,(H,22,29)(H,23,26,28);5,7-10,12,18H,1-4H3,(H,15,21)(H,16,19,20);5,7-9,11,17H,4H2,1-3H3,(H,14,20)(H,15,18,19);2*2H,1H3/t16-,17-,18-,20-,35?;11-,12+,15+,16-,18-;7-,8+,9+,10-,12-;7-,8-,9-,11-;;/m1111../s1/i9D;;;4D;2*2T/t9-,16-,17-,18-,20-,35?;;;4-,7-,8-,9-,11-;;. The van der Waals surface area contributed by atoms with E-state index in [1.807, 2.05) is 32.4 Å². The van der Waals surface area contributed by atoms with E-state index >= 15 is 0 Å². The summed E-state index contributed by atoms with van der Waals surface area (Å²) in [6, 6.07) is 4.94. The van der Waals surface area contributed by atoms with Crippen molar-refractivity contribution in [3.05, 3.63) is 182 Å². The number of aromatic nitrogens is 8. The van der Waals surface area contributed by atoms with Crippen molar-refractivity contribution in [3.63, 3.8) is 0 Å². The van der Waals surface area contributed by atoms with Gasteiger partial charge in [-0.1, -0.05) is 27.7 Å². The molecule has 12 N–H and O–H groups in total. The molecule has 0 aliphatic carbocycles. The molecule has 4 aliphatic rings. The summed E-state index contributed by atoms with van der Waals surface area (Å²) < 4.78 is 96.8. The number of benzene rings is 1. The van der Waals surface area contributed by atoms with Gasteiger partial charge < -0.3 is 98.2 Å². The molecule has 0 radical (unpaired) electrons. The molecule has 4 aliphatic heterocycles. The number of ether oxygens (including phenoxy) is 9. The summed E-state index contributed by atoms with van der Waals surface area (Å²) in [6.45, 7) is 31.1. The summed E-state index contributed by atoms with van der Waals surface area (Å²) in [6.07, 6.45) is -15.1. The maximum absolute atomic E-state index is 12.7. The number of esters is 1. The molecule has 46 heteroatoms. The largest absolute Gasteiger partial charge is 0.456 e. The lowest BCUT2D eigenvalue weighted by Gasteiger charge is -2.38. The average Bonchev–Trinajstić information content (AvgIpc) is 1.63. The number of H-pyrrole nitrogens is 4. The predicted molar refractivity (Wildman–Crippen MR) is 419 cm³/mol. The quantitative estimate of drug-likeness (QED) is 0.00843. The zero-order chi connectivity index (χ0) is 92.3. The van der Waals surface area contributed by atoms with Gasteiger partial charge in [0.2, 0.25) is 9.41 Å². The van der Waals surface area contributed by atoms with Gasteiger partial charge >= 0.3 is 53.1 Å². The molecule has 0 saturated carbocycles. The lowest BCUT2D eigenvalue weighted by atomic mass is 9.96. The molecular formula is C72H108N15O30P.